The molecule has 8 heteroatoms. The van der Waals surface area contributed by atoms with Gasteiger partial charge in [-0.2, -0.15) is 0 Å². The summed E-state index contributed by atoms with van der Waals surface area (Å²) in [7, 11) is 3.02. The van der Waals surface area contributed by atoms with E-state index in [0.29, 0.717) is 35.4 Å². The van der Waals surface area contributed by atoms with E-state index in [0.717, 1.165) is 28.8 Å². The van der Waals surface area contributed by atoms with E-state index in [2.05, 4.69) is 5.32 Å². The number of amides is 1. The molecule has 2 fully saturated rings. The van der Waals surface area contributed by atoms with Crippen molar-refractivity contribution in [3.8, 4) is 5.75 Å². The van der Waals surface area contributed by atoms with E-state index in [-0.39, 0.29) is 12.3 Å². The largest absolute Gasteiger partial charge is 0.497 e. The molecule has 1 N–H and O–H groups in total. The second kappa shape index (κ2) is 9.49. The number of carbonyl (C=O) groups is 2. The van der Waals surface area contributed by atoms with E-state index in [9.17, 15) is 9.59 Å². The van der Waals surface area contributed by atoms with Gasteiger partial charge in [0.1, 0.15) is 5.75 Å². The quantitative estimate of drug-likeness (QED) is 0.577. The standard InChI is InChI=1S/C26H31N3O4S/c1-4-20-23(25(31)33-3)24(17-6-5-7-19(12-17)32-2)29-18(14-34-26(29)28-20)13-22(30)27-21-11-15-8-9-16(21)10-15/h5-7,12,14-16,21,24H,4,8-11,13H2,1-3H3,(H,27,30)/t15-,16-,21+,24+/m0/s1. The fourth-order valence-electron chi connectivity index (χ4n) is 5.88. The van der Waals surface area contributed by atoms with Crippen molar-refractivity contribution in [3.05, 3.63) is 52.2 Å². The van der Waals surface area contributed by atoms with Crippen LogP contribution in [0.3, 0.4) is 0 Å². The molecule has 2 heterocycles. The zero-order valence-electron chi connectivity index (χ0n) is 19.9. The van der Waals surface area contributed by atoms with Crippen LogP contribution in [0.5, 0.6) is 5.75 Å². The maximum absolute atomic E-state index is 13.1. The number of aliphatic imine (C=N–C) groups is 1. The van der Waals surface area contributed by atoms with Crippen molar-refractivity contribution < 1.29 is 19.1 Å². The Kier molecular flexibility index (Phi) is 6.42. The van der Waals surface area contributed by atoms with Gasteiger partial charge in [0, 0.05) is 11.7 Å². The Labute approximate surface area is 204 Å². The summed E-state index contributed by atoms with van der Waals surface area (Å²) in [5, 5.41) is 6.06. The van der Waals surface area contributed by atoms with Crippen molar-refractivity contribution in [2.75, 3.05) is 14.2 Å². The maximum atomic E-state index is 13.1. The molecule has 5 rings (SSSR count). The van der Waals surface area contributed by atoms with Gasteiger partial charge in [0.05, 0.1) is 38.0 Å². The Bertz CT molecular complexity index is 1100. The highest BCUT2D eigenvalue weighted by Gasteiger charge is 2.43. The molecule has 2 aliphatic heterocycles. The molecule has 4 atom stereocenters. The average molecular weight is 482 g/mol. The van der Waals surface area contributed by atoms with Crippen LogP contribution in [-0.4, -0.2) is 42.2 Å². The molecule has 34 heavy (non-hydrogen) atoms. The molecule has 1 amide bonds. The summed E-state index contributed by atoms with van der Waals surface area (Å²) in [5.41, 5.74) is 2.94. The number of rotatable bonds is 7. The van der Waals surface area contributed by atoms with Crippen LogP contribution in [0.4, 0.5) is 0 Å². The Balaban J connectivity index is 1.45. The zero-order chi connectivity index (χ0) is 23.8. The molecule has 0 spiro atoms. The molecule has 0 unspecified atom stereocenters. The lowest BCUT2D eigenvalue weighted by Gasteiger charge is -2.36. The fraction of sp³-hybridized carbons (Fsp3) is 0.500. The first-order valence-corrected chi connectivity index (χ1v) is 12.9. The van der Waals surface area contributed by atoms with Crippen molar-refractivity contribution in [3.63, 3.8) is 0 Å². The first-order chi connectivity index (χ1) is 16.5. The van der Waals surface area contributed by atoms with Crippen LogP contribution in [0, 0.1) is 11.8 Å². The predicted molar refractivity (Wildman–Crippen MR) is 132 cm³/mol. The number of allylic oxidation sites excluding steroid dienone is 1. The Hall–Kier alpha value is -2.74. The minimum absolute atomic E-state index is 0.0277. The summed E-state index contributed by atoms with van der Waals surface area (Å²) < 4.78 is 10.6. The van der Waals surface area contributed by atoms with Crippen molar-refractivity contribution in [1.29, 1.82) is 0 Å². The van der Waals surface area contributed by atoms with E-state index in [1.165, 1.54) is 38.1 Å². The predicted octanol–water partition coefficient (Wildman–Crippen LogP) is 4.53. The second-order valence-electron chi connectivity index (χ2n) is 9.40. The Morgan fingerprint density at radius 2 is 2.09 bits per heavy atom. The van der Waals surface area contributed by atoms with Gasteiger partial charge >= 0.3 is 5.97 Å². The maximum Gasteiger partial charge on any atom is 0.338 e. The molecular formula is C26H31N3O4S. The first kappa shape index (κ1) is 23.0. The van der Waals surface area contributed by atoms with Gasteiger partial charge < -0.3 is 19.7 Å². The molecule has 4 aliphatic rings. The molecule has 1 aromatic carbocycles. The monoisotopic (exact) mass is 481 g/mol. The highest BCUT2D eigenvalue weighted by molar-refractivity contribution is 8.16. The second-order valence-corrected chi connectivity index (χ2v) is 10.2. The summed E-state index contributed by atoms with van der Waals surface area (Å²) in [6.45, 7) is 1.98. The summed E-state index contributed by atoms with van der Waals surface area (Å²) in [5.74, 6) is 1.72. The minimum Gasteiger partial charge on any atom is -0.497 e. The van der Waals surface area contributed by atoms with E-state index < -0.39 is 12.0 Å². The lowest BCUT2D eigenvalue weighted by Crippen LogP contribution is -2.41. The van der Waals surface area contributed by atoms with E-state index >= 15 is 0 Å². The normalized spacial score (nSPS) is 27.3. The number of nitrogens with one attached hydrogen (secondary N) is 1. The fourth-order valence-corrected chi connectivity index (χ4v) is 6.82. The van der Waals surface area contributed by atoms with Gasteiger partial charge in [-0.05, 0) is 60.6 Å². The topological polar surface area (TPSA) is 80.2 Å². The van der Waals surface area contributed by atoms with Crippen LogP contribution < -0.4 is 10.1 Å². The summed E-state index contributed by atoms with van der Waals surface area (Å²) >= 11 is 1.50. The Morgan fingerprint density at radius 1 is 1.24 bits per heavy atom. The van der Waals surface area contributed by atoms with Gasteiger partial charge in [0.25, 0.3) is 0 Å². The van der Waals surface area contributed by atoms with Crippen molar-refractivity contribution in [1.82, 2.24) is 10.2 Å². The van der Waals surface area contributed by atoms with E-state index in [1.54, 1.807) is 7.11 Å². The molecule has 0 saturated heterocycles. The van der Waals surface area contributed by atoms with E-state index in [1.807, 2.05) is 41.5 Å². The molecule has 0 aromatic heterocycles. The van der Waals surface area contributed by atoms with Crippen molar-refractivity contribution in [2.45, 2.75) is 57.5 Å². The molecule has 0 radical (unpaired) electrons. The average Bonchev–Trinajstić information content (AvgIpc) is 3.58. The van der Waals surface area contributed by atoms with Crippen LogP contribution in [-0.2, 0) is 14.3 Å². The van der Waals surface area contributed by atoms with Gasteiger partial charge in [-0.1, -0.05) is 37.2 Å². The van der Waals surface area contributed by atoms with Gasteiger partial charge in [0.15, 0.2) is 5.17 Å². The van der Waals surface area contributed by atoms with Crippen LogP contribution >= 0.6 is 11.8 Å². The lowest BCUT2D eigenvalue weighted by atomic mass is 9.92. The molecule has 2 aliphatic carbocycles. The van der Waals surface area contributed by atoms with Crippen LogP contribution in [0.15, 0.2) is 51.6 Å². The third-order valence-electron chi connectivity index (χ3n) is 7.46. The summed E-state index contributed by atoms with van der Waals surface area (Å²) in [4.78, 5) is 32.9. The minimum atomic E-state index is -0.443. The van der Waals surface area contributed by atoms with Crippen LogP contribution in [0.1, 0.15) is 57.1 Å². The number of amidine groups is 1. The molecule has 7 nitrogen and oxygen atoms in total. The first-order valence-electron chi connectivity index (χ1n) is 12.0. The summed E-state index contributed by atoms with van der Waals surface area (Å²) in [6, 6.07) is 7.54. The highest BCUT2D eigenvalue weighted by Crippen LogP contribution is 2.47. The number of benzene rings is 1. The van der Waals surface area contributed by atoms with Crippen LogP contribution in [0.2, 0.25) is 0 Å². The molecule has 180 valence electrons. The molecule has 2 saturated carbocycles. The third kappa shape index (κ3) is 4.13. The number of carbonyl (C=O) groups excluding carboxylic acids is 2. The number of nitrogens with zero attached hydrogens (tertiary/aromatic N) is 2. The number of ether oxygens (including phenoxy) is 2. The van der Waals surface area contributed by atoms with Gasteiger partial charge in [-0.25, -0.2) is 9.79 Å². The number of fused-ring (bicyclic) bond motifs is 3. The number of esters is 1. The van der Waals surface area contributed by atoms with Gasteiger partial charge in [0.2, 0.25) is 5.91 Å². The van der Waals surface area contributed by atoms with E-state index in [4.69, 9.17) is 14.5 Å². The molecule has 1 aromatic rings. The molecule has 2 bridgehead atoms. The lowest BCUT2D eigenvalue weighted by molar-refractivity contribution is -0.136. The third-order valence-corrected chi connectivity index (χ3v) is 8.35. The van der Waals surface area contributed by atoms with Crippen molar-refractivity contribution >= 4 is 28.8 Å². The molecular weight excluding hydrogens is 450 g/mol. The SMILES string of the molecule is CCC1=C(C(=O)OC)[C@@H](c2cccc(OC)c2)N2C(CC(=O)N[C@@H]3C[C@H]4CC[C@H]3C4)=CSC2=N1. The zero-order valence-corrected chi connectivity index (χ0v) is 20.7. The Morgan fingerprint density at radius 3 is 2.76 bits per heavy atom. The number of hydrogen-bond acceptors (Lipinski definition) is 7. The number of methoxy groups -OCH3 is 2. The highest BCUT2D eigenvalue weighted by atomic mass is 32.2. The summed E-state index contributed by atoms with van der Waals surface area (Å²) in [6.07, 6.45) is 5.72. The smallest absolute Gasteiger partial charge is 0.338 e. The van der Waals surface area contributed by atoms with Crippen molar-refractivity contribution in [2.24, 2.45) is 16.8 Å². The number of hydrogen-bond donors (Lipinski definition) is 1. The van der Waals surface area contributed by atoms with Gasteiger partial charge in [-0.15, -0.1) is 0 Å². The number of thioether (sulfide) groups is 1. The van der Waals surface area contributed by atoms with Gasteiger partial charge in [-0.3, -0.25) is 4.79 Å². The van der Waals surface area contributed by atoms with Crippen LogP contribution in [0.25, 0.3) is 0 Å².